The Morgan fingerprint density at radius 1 is 1.11 bits per heavy atom. The highest BCUT2D eigenvalue weighted by Gasteiger charge is 2.20. The average molecular weight is 382 g/mol. The molecule has 6 heteroatoms. The normalized spacial score (nSPS) is 11.4. The number of imidazole rings is 1. The molecule has 27 heavy (non-hydrogen) atoms. The lowest BCUT2D eigenvalue weighted by Gasteiger charge is -2.17. The summed E-state index contributed by atoms with van der Waals surface area (Å²) in [5.74, 6) is 0. The SMILES string of the molecule is C=C(C)c1cccc(C)c1NS(=O)(=O)c1ccc(-n2cnc(C)c2)cc1C. The lowest BCUT2D eigenvalue weighted by Crippen LogP contribution is -2.16. The molecule has 0 atom stereocenters. The molecule has 0 fully saturated rings. The molecule has 1 N–H and O–H groups in total. The van der Waals surface area contributed by atoms with Crippen molar-refractivity contribution in [2.45, 2.75) is 32.6 Å². The maximum absolute atomic E-state index is 13.0. The van der Waals surface area contributed by atoms with Gasteiger partial charge >= 0.3 is 0 Å². The molecule has 1 aromatic heterocycles. The molecule has 0 bridgehead atoms. The van der Waals surface area contributed by atoms with Crippen molar-refractivity contribution in [1.82, 2.24) is 9.55 Å². The lowest BCUT2D eigenvalue weighted by atomic mass is 10.0. The molecule has 0 saturated carbocycles. The molecule has 0 radical (unpaired) electrons. The van der Waals surface area contributed by atoms with Gasteiger partial charge in [0.05, 0.1) is 22.6 Å². The molecule has 2 aromatic carbocycles. The number of allylic oxidation sites excluding steroid dienone is 1. The predicted octanol–water partition coefficient (Wildman–Crippen LogP) is 4.63. The van der Waals surface area contributed by atoms with Crippen molar-refractivity contribution in [1.29, 1.82) is 0 Å². The van der Waals surface area contributed by atoms with Crippen molar-refractivity contribution in [3.05, 3.63) is 77.9 Å². The van der Waals surface area contributed by atoms with Crippen molar-refractivity contribution in [3.8, 4) is 5.69 Å². The summed E-state index contributed by atoms with van der Waals surface area (Å²) in [6, 6.07) is 10.9. The number of aromatic nitrogens is 2. The minimum absolute atomic E-state index is 0.249. The molecule has 0 amide bonds. The highest BCUT2D eigenvalue weighted by molar-refractivity contribution is 7.92. The van der Waals surface area contributed by atoms with Gasteiger partial charge in [-0.15, -0.1) is 0 Å². The monoisotopic (exact) mass is 381 g/mol. The summed E-state index contributed by atoms with van der Waals surface area (Å²) < 4.78 is 30.7. The van der Waals surface area contributed by atoms with E-state index < -0.39 is 10.0 Å². The molecular formula is C21H23N3O2S. The molecule has 140 valence electrons. The third-order valence-corrected chi connectivity index (χ3v) is 5.94. The Labute approximate surface area is 160 Å². The number of hydrogen-bond acceptors (Lipinski definition) is 3. The van der Waals surface area contributed by atoms with Gasteiger partial charge in [-0.25, -0.2) is 13.4 Å². The van der Waals surface area contributed by atoms with Crippen LogP contribution in [0.4, 0.5) is 5.69 Å². The van der Waals surface area contributed by atoms with E-state index in [1.807, 2.05) is 55.8 Å². The van der Waals surface area contributed by atoms with E-state index in [1.165, 1.54) is 0 Å². The number of para-hydroxylation sites is 1. The molecular weight excluding hydrogens is 358 g/mol. The maximum atomic E-state index is 13.0. The van der Waals surface area contributed by atoms with E-state index in [1.54, 1.807) is 25.4 Å². The summed E-state index contributed by atoms with van der Waals surface area (Å²) in [6.45, 7) is 11.4. The number of anilines is 1. The third kappa shape index (κ3) is 3.80. The number of nitrogens with zero attached hydrogens (tertiary/aromatic N) is 2. The summed E-state index contributed by atoms with van der Waals surface area (Å²) in [5.41, 5.74) is 5.45. The van der Waals surface area contributed by atoms with Crippen molar-refractivity contribution < 1.29 is 8.42 Å². The van der Waals surface area contributed by atoms with E-state index >= 15 is 0 Å². The summed E-state index contributed by atoms with van der Waals surface area (Å²) in [5, 5.41) is 0. The molecule has 0 saturated heterocycles. The van der Waals surface area contributed by atoms with Crippen LogP contribution in [0.15, 0.2) is 60.4 Å². The second-order valence-electron chi connectivity index (χ2n) is 6.76. The number of benzene rings is 2. The van der Waals surface area contributed by atoms with Crippen LogP contribution < -0.4 is 4.72 Å². The van der Waals surface area contributed by atoms with Gasteiger partial charge in [0.15, 0.2) is 0 Å². The Bertz CT molecular complexity index is 1130. The lowest BCUT2D eigenvalue weighted by molar-refractivity contribution is 0.600. The average Bonchev–Trinajstić information content (AvgIpc) is 3.02. The minimum Gasteiger partial charge on any atom is -0.306 e. The summed E-state index contributed by atoms with van der Waals surface area (Å²) in [4.78, 5) is 4.46. The maximum Gasteiger partial charge on any atom is 0.262 e. The van der Waals surface area contributed by atoms with Gasteiger partial charge < -0.3 is 4.57 Å². The Hall–Kier alpha value is -2.86. The Kier molecular flexibility index (Phi) is 4.93. The Morgan fingerprint density at radius 2 is 1.85 bits per heavy atom. The van der Waals surface area contributed by atoms with Crippen molar-refractivity contribution in [2.75, 3.05) is 4.72 Å². The van der Waals surface area contributed by atoms with Crippen LogP contribution >= 0.6 is 0 Å². The molecule has 0 aliphatic heterocycles. The van der Waals surface area contributed by atoms with Gasteiger partial charge in [-0.1, -0.05) is 24.8 Å². The minimum atomic E-state index is -3.73. The highest BCUT2D eigenvalue weighted by atomic mass is 32.2. The fourth-order valence-corrected chi connectivity index (χ4v) is 4.39. The number of nitrogens with one attached hydrogen (secondary N) is 1. The smallest absolute Gasteiger partial charge is 0.262 e. The van der Waals surface area contributed by atoms with Crippen molar-refractivity contribution >= 4 is 21.3 Å². The molecule has 0 unspecified atom stereocenters. The summed E-state index contributed by atoms with van der Waals surface area (Å²) in [6.07, 6.45) is 3.61. The standard InChI is InChI=1S/C21H23N3O2S/c1-14(2)19-8-6-7-15(3)21(19)23-27(25,26)20-10-9-18(11-16(20)4)24-12-17(5)22-13-24/h6-13,23H,1H2,2-5H3. The van der Waals surface area contributed by atoms with Gasteiger partial charge in [-0.2, -0.15) is 0 Å². The fraction of sp³-hybridized carbons (Fsp3) is 0.190. The van der Waals surface area contributed by atoms with Crippen LogP contribution in [0.3, 0.4) is 0 Å². The molecule has 0 aliphatic carbocycles. The van der Waals surface area contributed by atoms with Crippen LogP contribution in [0.2, 0.25) is 0 Å². The van der Waals surface area contributed by atoms with E-state index in [9.17, 15) is 8.42 Å². The Morgan fingerprint density at radius 3 is 2.44 bits per heavy atom. The van der Waals surface area contributed by atoms with Crippen molar-refractivity contribution in [3.63, 3.8) is 0 Å². The van der Waals surface area contributed by atoms with E-state index in [0.717, 1.165) is 28.1 Å². The molecule has 3 aromatic rings. The molecule has 0 spiro atoms. The fourth-order valence-electron chi connectivity index (χ4n) is 3.01. The van der Waals surface area contributed by atoms with E-state index in [4.69, 9.17) is 0 Å². The largest absolute Gasteiger partial charge is 0.306 e. The number of rotatable bonds is 5. The number of aryl methyl sites for hydroxylation is 3. The first-order chi connectivity index (χ1) is 12.7. The molecule has 1 heterocycles. The molecule has 5 nitrogen and oxygen atoms in total. The first-order valence-electron chi connectivity index (χ1n) is 8.59. The third-order valence-electron chi connectivity index (χ3n) is 4.43. The van der Waals surface area contributed by atoms with Gasteiger partial charge in [-0.05, 0) is 62.6 Å². The van der Waals surface area contributed by atoms with Crippen LogP contribution in [0.25, 0.3) is 11.3 Å². The number of sulfonamides is 1. The van der Waals surface area contributed by atoms with E-state index in [0.29, 0.717) is 11.3 Å². The van der Waals surface area contributed by atoms with Gasteiger partial charge in [0.1, 0.15) is 0 Å². The van der Waals surface area contributed by atoms with Crippen LogP contribution in [0.1, 0.15) is 29.3 Å². The van der Waals surface area contributed by atoms with Gasteiger partial charge in [0.2, 0.25) is 0 Å². The van der Waals surface area contributed by atoms with E-state index in [-0.39, 0.29) is 4.90 Å². The summed E-state index contributed by atoms with van der Waals surface area (Å²) in [7, 11) is -3.73. The molecule has 0 aliphatic rings. The topological polar surface area (TPSA) is 64.0 Å². The second-order valence-corrected chi connectivity index (χ2v) is 8.41. The summed E-state index contributed by atoms with van der Waals surface area (Å²) >= 11 is 0. The highest BCUT2D eigenvalue weighted by Crippen LogP contribution is 2.29. The van der Waals surface area contributed by atoms with Crippen LogP contribution in [-0.2, 0) is 10.0 Å². The Balaban J connectivity index is 2.00. The number of hydrogen-bond donors (Lipinski definition) is 1. The van der Waals surface area contributed by atoms with Gasteiger partial charge in [0.25, 0.3) is 10.0 Å². The van der Waals surface area contributed by atoms with Gasteiger partial charge in [-0.3, -0.25) is 4.72 Å². The molecule has 3 rings (SSSR count). The van der Waals surface area contributed by atoms with Gasteiger partial charge in [0, 0.05) is 17.4 Å². The zero-order chi connectivity index (χ0) is 19.8. The predicted molar refractivity (Wildman–Crippen MR) is 110 cm³/mol. The first-order valence-corrected chi connectivity index (χ1v) is 10.1. The zero-order valence-electron chi connectivity index (χ0n) is 15.9. The zero-order valence-corrected chi connectivity index (χ0v) is 16.8. The van der Waals surface area contributed by atoms with Crippen LogP contribution in [0, 0.1) is 20.8 Å². The van der Waals surface area contributed by atoms with Crippen LogP contribution in [-0.4, -0.2) is 18.0 Å². The van der Waals surface area contributed by atoms with Crippen molar-refractivity contribution in [2.24, 2.45) is 0 Å². The second kappa shape index (κ2) is 7.04. The first kappa shape index (κ1) is 18.9. The van der Waals surface area contributed by atoms with E-state index in [2.05, 4.69) is 16.3 Å². The van der Waals surface area contributed by atoms with Crippen LogP contribution in [0.5, 0.6) is 0 Å². The quantitative estimate of drug-likeness (QED) is 0.701.